The Morgan fingerprint density at radius 2 is 2.07 bits per heavy atom. The summed E-state index contributed by atoms with van der Waals surface area (Å²) in [5.41, 5.74) is 0.636. The van der Waals surface area contributed by atoms with Crippen LogP contribution in [-0.2, 0) is 0 Å². The Labute approximate surface area is 101 Å². The fourth-order valence-corrected chi connectivity index (χ4v) is 1.57. The molecule has 0 heterocycles. The summed E-state index contributed by atoms with van der Waals surface area (Å²) < 4.78 is 0.864. The minimum absolute atomic E-state index is 0.00557. The molecule has 0 aliphatic rings. The average Bonchev–Trinajstić information content (AvgIpc) is 2.22. The first-order valence-electron chi connectivity index (χ1n) is 3.89. The Morgan fingerprint density at radius 3 is 2.60 bits per heavy atom. The average molecular weight is 283 g/mol. The van der Waals surface area contributed by atoms with Crippen LogP contribution in [0.4, 0.5) is 5.69 Å². The van der Waals surface area contributed by atoms with Gasteiger partial charge in [-0.3, -0.25) is 0 Å². The lowest BCUT2D eigenvalue weighted by atomic mass is 10.3. The van der Waals surface area contributed by atoms with Crippen molar-refractivity contribution in [1.82, 2.24) is 0 Å². The number of rotatable bonds is 2. The number of halogens is 2. The zero-order valence-electron chi connectivity index (χ0n) is 7.46. The molecule has 0 fully saturated rings. The Hall–Kier alpha value is -1.49. The van der Waals surface area contributed by atoms with Gasteiger partial charge in [-0.2, -0.15) is 10.5 Å². The number of nitrogens with one attached hydrogen (secondary N) is 1. The van der Waals surface area contributed by atoms with E-state index in [1.54, 1.807) is 30.3 Å². The highest BCUT2D eigenvalue weighted by Crippen LogP contribution is 2.25. The lowest BCUT2D eigenvalue weighted by molar-refractivity contribution is 1.44. The number of nitriles is 2. The molecule has 1 aromatic rings. The van der Waals surface area contributed by atoms with Gasteiger partial charge in [0.25, 0.3) is 0 Å². The van der Waals surface area contributed by atoms with Crippen LogP contribution in [0.2, 0.25) is 5.02 Å². The Kier molecular flexibility index (Phi) is 4.17. The molecule has 0 aliphatic carbocycles. The molecule has 3 nitrogen and oxygen atoms in total. The van der Waals surface area contributed by atoms with E-state index in [4.69, 9.17) is 22.1 Å². The molecule has 0 unspecified atom stereocenters. The highest BCUT2D eigenvalue weighted by atomic mass is 79.9. The SMILES string of the molecule is N#CC(C#N)=CNc1ccc(Br)cc1Cl. The van der Waals surface area contributed by atoms with Crippen LogP contribution in [0, 0.1) is 22.7 Å². The number of nitrogens with zero attached hydrogens (tertiary/aromatic N) is 2. The predicted octanol–water partition coefficient (Wildman–Crippen LogP) is 3.45. The highest BCUT2D eigenvalue weighted by molar-refractivity contribution is 9.10. The first-order chi connectivity index (χ1) is 7.17. The molecule has 0 bridgehead atoms. The van der Waals surface area contributed by atoms with E-state index in [1.807, 2.05) is 0 Å². The molecule has 0 atom stereocenters. The fourth-order valence-electron chi connectivity index (χ4n) is 0.846. The molecule has 74 valence electrons. The van der Waals surface area contributed by atoms with Crippen LogP contribution in [-0.4, -0.2) is 0 Å². The normalized spacial score (nSPS) is 8.53. The smallest absolute Gasteiger partial charge is 0.145 e. The maximum atomic E-state index is 8.50. The van der Waals surface area contributed by atoms with Crippen LogP contribution in [0.5, 0.6) is 0 Å². The maximum Gasteiger partial charge on any atom is 0.145 e. The van der Waals surface area contributed by atoms with Crippen molar-refractivity contribution >= 4 is 33.2 Å². The molecule has 1 N–H and O–H groups in total. The van der Waals surface area contributed by atoms with Crippen LogP contribution in [0.15, 0.2) is 34.4 Å². The van der Waals surface area contributed by atoms with Crippen LogP contribution in [0.1, 0.15) is 0 Å². The van der Waals surface area contributed by atoms with E-state index < -0.39 is 0 Å². The summed E-state index contributed by atoms with van der Waals surface area (Å²) >= 11 is 9.18. The van der Waals surface area contributed by atoms with Crippen molar-refractivity contribution in [2.24, 2.45) is 0 Å². The third-order valence-corrected chi connectivity index (χ3v) is 2.35. The van der Waals surface area contributed by atoms with Crippen molar-refractivity contribution in [1.29, 1.82) is 10.5 Å². The van der Waals surface area contributed by atoms with Gasteiger partial charge in [-0.25, -0.2) is 0 Å². The van der Waals surface area contributed by atoms with Gasteiger partial charge in [-0.15, -0.1) is 0 Å². The molecule has 5 heteroatoms. The molecule has 0 amide bonds. The van der Waals surface area contributed by atoms with Gasteiger partial charge < -0.3 is 5.32 Å². The summed E-state index contributed by atoms with van der Waals surface area (Å²) in [6.45, 7) is 0. The Morgan fingerprint density at radius 1 is 1.40 bits per heavy atom. The van der Waals surface area contributed by atoms with E-state index in [1.165, 1.54) is 6.20 Å². The number of hydrogen-bond donors (Lipinski definition) is 1. The van der Waals surface area contributed by atoms with Crippen molar-refractivity contribution < 1.29 is 0 Å². The third-order valence-electron chi connectivity index (χ3n) is 1.54. The first-order valence-corrected chi connectivity index (χ1v) is 5.06. The molecule has 1 aromatic carbocycles. The van der Waals surface area contributed by atoms with Crippen molar-refractivity contribution in [3.63, 3.8) is 0 Å². The molecule has 0 saturated heterocycles. The van der Waals surface area contributed by atoms with E-state index in [9.17, 15) is 0 Å². The lowest BCUT2D eigenvalue weighted by Gasteiger charge is -2.03. The second-order valence-electron chi connectivity index (χ2n) is 2.55. The van der Waals surface area contributed by atoms with Crippen LogP contribution in [0.3, 0.4) is 0 Å². The van der Waals surface area contributed by atoms with Crippen LogP contribution >= 0.6 is 27.5 Å². The van der Waals surface area contributed by atoms with Gasteiger partial charge in [0.1, 0.15) is 17.7 Å². The summed E-state index contributed by atoms with van der Waals surface area (Å²) in [6.07, 6.45) is 1.31. The van der Waals surface area contributed by atoms with E-state index in [-0.39, 0.29) is 5.57 Å². The second-order valence-corrected chi connectivity index (χ2v) is 3.87. The lowest BCUT2D eigenvalue weighted by Crippen LogP contribution is -1.90. The monoisotopic (exact) mass is 281 g/mol. The predicted molar refractivity (Wildman–Crippen MR) is 62.1 cm³/mol. The fraction of sp³-hybridized carbons (Fsp3) is 0. The quantitative estimate of drug-likeness (QED) is 0.845. The van der Waals surface area contributed by atoms with E-state index in [0.717, 1.165) is 4.47 Å². The van der Waals surface area contributed by atoms with E-state index >= 15 is 0 Å². The molecule has 0 saturated carbocycles. The molecule has 0 aromatic heterocycles. The molecular weight excluding hydrogens is 277 g/mol. The minimum atomic E-state index is -0.00557. The van der Waals surface area contributed by atoms with Crippen molar-refractivity contribution in [2.45, 2.75) is 0 Å². The summed E-state index contributed by atoms with van der Waals surface area (Å²) in [4.78, 5) is 0. The van der Waals surface area contributed by atoms with E-state index in [0.29, 0.717) is 10.7 Å². The minimum Gasteiger partial charge on any atom is -0.359 e. The molecule has 1 rings (SSSR count). The van der Waals surface area contributed by atoms with Gasteiger partial charge in [0, 0.05) is 10.7 Å². The summed E-state index contributed by atoms with van der Waals surface area (Å²) in [5.74, 6) is 0. The van der Waals surface area contributed by atoms with Gasteiger partial charge in [0.2, 0.25) is 0 Å². The topological polar surface area (TPSA) is 59.6 Å². The Bertz CT molecular complexity index is 466. The largest absolute Gasteiger partial charge is 0.359 e. The van der Waals surface area contributed by atoms with Crippen molar-refractivity contribution in [3.8, 4) is 12.1 Å². The highest BCUT2D eigenvalue weighted by Gasteiger charge is 1.99. The van der Waals surface area contributed by atoms with Gasteiger partial charge in [-0.05, 0) is 18.2 Å². The molecule has 0 aliphatic heterocycles. The number of hydrogen-bond acceptors (Lipinski definition) is 3. The molecule has 0 spiro atoms. The molecular formula is C10H5BrClN3. The number of anilines is 1. The molecule has 0 radical (unpaired) electrons. The zero-order valence-corrected chi connectivity index (χ0v) is 9.80. The summed E-state index contributed by atoms with van der Waals surface area (Å²) in [5, 5.41) is 20.3. The van der Waals surface area contributed by atoms with Gasteiger partial charge in [0.05, 0.1) is 10.7 Å². The van der Waals surface area contributed by atoms with Crippen molar-refractivity contribution in [2.75, 3.05) is 5.32 Å². The third kappa shape index (κ3) is 3.28. The second kappa shape index (κ2) is 5.41. The van der Waals surface area contributed by atoms with Crippen molar-refractivity contribution in [3.05, 3.63) is 39.5 Å². The summed E-state index contributed by atoms with van der Waals surface area (Å²) in [6, 6.07) is 8.75. The Balaban J connectivity index is 2.89. The van der Waals surface area contributed by atoms with Crippen LogP contribution in [0.25, 0.3) is 0 Å². The van der Waals surface area contributed by atoms with Gasteiger partial charge >= 0.3 is 0 Å². The maximum absolute atomic E-state index is 8.50. The number of benzene rings is 1. The number of allylic oxidation sites excluding steroid dienone is 1. The standard InChI is InChI=1S/C10H5BrClN3/c11-8-1-2-10(9(12)3-8)15-6-7(4-13)5-14/h1-3,6,15H. The zero-order chi connectivity index (χ0) is 11.3. The van der Waals surface area contributed by atoms with Gasteiger partial charge in [-0.1, -0.05) is 27.5 Å². The van der Waals surface area contributed by atoms with Gasteiger partial charge in [0.15, 0.2) is 0 Å². The molecule has 15 heavy (non-hydrogen) atoms. The first kappa shape index (κ1) is 11.6. The van der Waals surface area contributed by atoms with E-state index in [2.05, 4.69) is 21.2 Å². The van der Waals surface area contributed by atoms with Crippen LogP contribution < -0.4 is 5.32 Å². The summed E-state index contributed by atoms with van der Waals surface area (Å²) in [7, 11) is 0.